The van der Waals surface area contributed by atoms with Crippen LogP contribution in [0, 0.1) is 0 Å². The highest BCUT2D eigenvalue weighted by Crippen LogP contribution is 2.25. The number of aromatic nitrogens is 2. The fourth-order valence-corrected chi connectivity index (χ4v) is 3.63. The van der Waals surface area contributed by atoms with Crippen LogP contribution in [0.2, 0.25) is 5.15 Å². The minimum absolute atomic E-state index is 0.300. The molecule has 27 heavy (non-hydrogen) atoms. The van der Waals surface area contributed by atoms with Crippen LogP contribution in [0.4, 0.5) is 5.82 Å². The molecule has 0 saturated heterocycles. The molecule has 2 rings (SSSR count). The van der Waals surface area contributed by atoms with Gasteiger partial charge in [-0.3, -0.25) is 0 Å². The van der Waals surface area contributed by atoms with Crippen LogP contribution in [-0.4, -0.2) is 35.6 Å². The Hall–Kier alpha value is -1.79. The molecule has 0 fully saturated rings. The zero-order valence-electron chi connectivity index (χ0n) is 16.1. The molecule has 146 valence electrons. The summed E-state index contributed by atoms with van der Waals surface area (Å²) in [6.45, 7) is 8.37. The number of thioether (sulfide) groups is 1. The van der Waals surface area contributed by atoms with Gasteiger partial charge in [0.15, 0.2) is 5.16 Å². The number of hydrogen-bond donors (Lipinski definition) is 0. The smallest absolute Gasteiger partial charge is 0.338 e. The standard InChI is InChI=1S/C20H26ClN3O2S/c1-4-11-24(12-5-2)18-13-17(21)22-20(23-18)27-14-15-7-9-16(10-8-15)19(25)26-6-3/h7-10,13H,4-6,11-12,14H2,1-3H3. The van der Waals surface area contributed by atoms with Crippen molar-refractivity contribution in [3.63, 3.8) is 0 Å². The molecule has 1 aromatic carbocycles. The summed E-state index contributed by atoms with van der Waals surface area (Å²) in [5, 5.41) is 1.11. The Bertz CT molecular complexity index is 735. The number of anilines is 1. The van der Waals surface area contributed by atoms with E-state index in [0.29, 0.717) is 28.2 Å². The lowest BCUT2D eigenvalue weighted by molar-refractivity contribution is 0.0526. The molecule has 0 amide bonds. The Labute approximate surface area is 170 Å². The van der Waals surface area contributed by atoms with Gasteiger partial charge >= 0.3 is 5.97 Å². The molecular formula is C20H26ClN3O2S. The Morgan fingerprint density at radius 3 is 2.37 bits per heavy atom. The van der Waals surface area contributed by atoms with Gasteiger partial charge < -0.3 is 9.64 Å². The molecule has 0 aliphatic heterocycles. The minimum Gasteiger partial charge on any atom is -0.462 e. The molecule has 2 aromatic rings. The lowest BCUT2D eigenvalue weighted by Gasteiger charge is -2.22. The van der Waals surface area contributed by atoms with Gasteiger partial charge in [0.25, 0.3) is 0 Å². The first kappa shape index (κ1) is 21.5. The van der Waals surface area contributed by atoms with Gasteiger partial charge in [-0.1, -0.05) is 49.3 Å². The summed E-state index contributed by atoms with van der Waals surface area (Å²) in [6, 6.07) is 9.23. The van der Waals surface area contributed by atoms with Crippen molar-refractivity contribution in [3.8, 4) is 0 Å². The van der Waals surface area contributed by atoms with Gasteiger partial charge in [-0.15, -0.1) is 0 Å². The first-order chi connectivity index (χ1) is 13.1. The molecule has 0 spiro atoms. The van der Waals surface area contributed by atoms with Crippen LogP contribution >= 0.6 is 23.4 Å². The number of esters is 1. The first-order valence-corrected chi connectivity index (χ1v) is 10.6. The Kier molecular flexibility index (Phi) is 8.88. The number of halogens is 1. The number of benzene rings is 1. The van der Waals surface area contributed by atoms with Gasteiger partial charge in [0, 0.05) is 24.9 Å². The van der Waals surface area contributed by atoms with Crippen molar-refractivity contribution < 1.29 is 9.53 Å². The van der Waals surface area contributed by atoms with E-state index in [4.69, 9.17) is 16.3 Å². The number of rotatable bonds is 10. The molecule has 1 aromatic heterocycles. The van der Waals surface area contributed by atoms with E-state index in [0.717, 1.165) is 37.3 Å². The van der Waals surface area contributed by atoms with E-state index in [9.17, 15) is 4.79 Å². The van der Waals surface area contributed by atoms with Crippen LogP contribution in [-0.2, 0) is 10.5 Å². The predicted molar refractivity (Wildman–Crippen MR) is 112 cm³/mol. The summed E-state index contributed by atoms with van der Waals surface area (Å²) in [4.78, 5) is 23.0. The fourth-order valence-electron chi connectivity index (χ4n) is 2.59. The molecular weight excluding hydrogens is 382 g/mol. The van der Waals surface area contributed by atoms with E-state index < -0.39 is 0 Å². The first-order valence-electron chi connectivity index (χ1n) is 9.25. The van der Waals surface area contributed by atoms with Gasteiger partial charge in [-0.2, -0.15) is 0 Å². The number of hydrogen-bond acceptors (Lipinski definition) is 6. The SMILES string of the molecule is CCCN(CCC)c1cc(Cl)nc(SCc2ccc(C(=O)OCC)cc2)n1. The molecule has 0 bridgehead atoms. The van der Waals surface area contributed by atoms with Crippen LogP contribution < -0.4 is 4.90 Å². The zero-order chi connectivity index (χ0) is 19.6. The van der Waals surface area contributed by atoms with E-state index in [-0.39, 0.29) is 5.97 Å². The van der Waals surface area contributed by atoms with Gasteiger partial charge in [-0.05, 0) is 37.5 Å². The van der Waals surface area contributed by atoms with E-state index in [1.54, 1.807) is 19.1 Å². The fraction of sp³-hybridized carbons (Fsp3) is 0.450. The molecule has 7 heteroatoms. The quantitative estimate of drug-likeness (QED) is 0.233. The molecule has 0 radical (unpaired) electrons. The monoisotopic (exact) mass is 407 g/mol. The summed E-state index contributed by atoms with van der Waals surface area (Å²) in [6.07, 6.45) is 2.10. The second-order valence-electron chi connectivity index (χ2n) is 6.02. The molecule has 1 heterocycles. The lowest BCUT2D eigenvalue weighted by Crippen LogP contribution is -2.26. The number of carbonyl (C=O) groups is 1. The van der Waals surface area contributed by atoms with E-state index in [1.807, 2.05) is 18.2 Å². The van der Waals surface area contributed by atoms with Crippen molar-refractivity contribution in [2.45, 2.75) is 44.5 Å². The maximum Gasteiger partial charge on any atom is 0.338 e. The Balaban J connectivity index is 2.05. The lowest BCUT2D eigenvalue weighted by atomic mass is 10.1. The molecule has 0 unspecified atom stereocenters. The van der Waals surface area contributed by atoms with E-state index in [1.165, 1.54) is 11.8 Å². The van der Waals surface area contributed by atoms with Gasteiger partial charge in [-0.25, -0.2) is 14.8 Å². The van der Waals surface area contributed by atoms with Gasteiger partial charge in [0.2, 0.25) is 0 Å². The molecule has 0 N–H and O–H groups in total. The second kappa shape index (κ2) is 11.1. The van der Waals surface area contributed by atoms with Crippen molar-refractivity contribution in [2.75, 3.05) is 24.6 Å². The summed E-state index contributed by atoms with van der Waals surface area (Å²) in [5.41, 5.74) is 1.64. The van der Waals surface area contributed by atoms with E-state index in [2.05, 4.69) is 28.7 Å². The summed E-state index contributed by atoms with van der Waals surface area (Å²) in [5.74, 6) is 1.27. The van der Waals surface area contributed by atoms with Gasteiger partial charge in [0.1, 0.15) is 11.0 Å². The van der Waals surface area contributed by atoms with Crippen molar-refractivity contribution in [1.29, 1.82) is 0 Å². The third-order valence-electron chi connectivity index (χ3n) is 3.80. The normalized spacial score (nSPS) is 10.7. The molecule has 0 aliphatic rings. The van der Waals surface area contributed by atoms with E-state index >= 15 is 0 Å². The summed E-state index contributed by atoms with van der Waals surface area (Å²) in [7, 11) is 0. The van der Waals surface area contributed by atoms with Crippen LogP contribution in [0.25, 0.3) is 0 Å². The molecule has 0 aliphatic carbocycles. The van der Waals surface area contributed by atoms with Crippen LogP contribution in [0.3, 0.4) is 0 Å². The predicted octanol–water partition coefficient (Wildman–Crippen LogP) is 5.23. The van der Waals surface area contributed by atoms with Crippen molar-refractivity contribution in [1.82, 2.24) is 9.97 Å². The van der Waals surface area contributed by atoms with Crippen LogP contribution in [0.5, 0.6) is 0 Å². The third kappa shape index (κ3) is 6.70. The maximum atomic E-state index is 11.7. The summed E-state index contributed by atoms with van der Waals surface area (Å²) >= 11 is 7.75. The largest absolute Gasteiger partial charge is 0.462 e. The highest BCUT2D eigenvalue weighted by Gasteiger charge is 2.11. The Morgan fingerprint density at radius 1 is 1.11 bits per heavy atom. The summed E-state index contributed by atoms with van der Waals surface area (Å²) < 4.78 is 5.00. The average Bonchev–Trinajstić information content (AvgIpc) is 2.66. The van der Waals surface area contributed by atoms with Crippen molar-refractivity contribution in [3.05, 3.63) is 46.6 Å². The number of ether oxygens (including phenoxy) is 1. The topological polar surface area (TPSA) is 55.3 Å². The number of nitrogens with zero attached hydrogens (tertiary/aromatic N) is 3. The average molecular weight is 408 g/mol. The van der Waals surface area contributed by atoms with Crippen LogP contribution in [0.1, 0.15) is 49.5 Å². The molecule has 0 atom stereocenters. The minimum atomic E-state index is -0.300. The van der Waals surface area contributed by atoms with Crippen molar-refractivity contribution in [2.24, 2.45) is 0 Å². The van der Waals surface area contributed by atoms with Gasteiger partial charge in [0.05, 0.1) is 12.2 Å². The second-order valence-corrected chi connectivity index (χ2v) is 7.35. The Morgan fingerprint density at radius 2 is 1.78 bits per heavy atom. The molecule has 0 saturated carbocycles. The highest BCUT2D eigenvalue weighted by molar-refractivity contribution is 7.98. The number of carbonyl (C=O) groups excluding carboxylic acids is 1. The van der Waals surface area contributed by atoms with Crippen molar-refractivity contribution >= 4 is 35.1 Å². The maximum absolute atomic E-state index is 11.7. The van der Waals surface area contributed by atoms with Crippen LogP contribution in [0.15, 0.2) is 35.5 Å². The highest BCUT2D eigenvalue weighted by atomic mass is 35.5. The molecule has 5 nitrogen and oxygen atoms in total. The zero-order valence-corrected chi connectivity index (χ0v) is 17.6. The third-order valence-corrected chi connectivity index (χ3v) is 4.92.